The number of likely N-dealkylation sites (tertiary alicyclic amines) is 1. The number of hydrogen-bond donors (Lipinski definition) is 1. The Morgan fingerprint density at radius 1 is 1.12 bits per heavy atom. The third-order valence-electron chi connectivity index (χ3n) is 6.08. The Hall–Kier alpha value is -2.29. The van der Waals surface area contributed by atoms with E-state index in [-0.39, 0.29) is 11.3 Å². The summed E-state index contributed by atoms with van der Waals surface area (Å²) in [5.74, 6) is 0.289. The number of carbonyl (C=O) groups excluding carboxylic acids is 1. The van der Waals surface area contributed by atoms with Crippen molar-refractivity contribution in [2.45, 2.75) is 44.1 Å². The second kappa shape index (κ2) is 5.37. The molecule has 2 N–H and O–H groups in total. The van der Waals surface area contributed by atoms with Crippen molar-refractivity contribution in [1.29, 1.82) is 0 Å². The summed E-state index contributed by atoms with van der Waals surface area (Å²) >= 11 is 0. The molecule has 1 aliphatic carbocycles. The first kappa shape index (κ1) is 15.3. The van der Waals surface area contributed by atoms with E-state index in [0.717, 1.165) is 24.9 Å². The zero-order valence-corrected chi connectivity index (χ0v) is 14.4. The van der Waals surface area contributed by atoms with Gasteiger partial charge in [-0.25, -0.2) is 0 Å². The number of likely N-dealkylation sites (N-methyl/N-ethyl adjacent to an activating group) is 1. The number of nitrogen functional groups attached to an aromatic ring is 1. The molecule has 3 nitrogen and oxygen atoms in total. The number of rotatable bonds is 1. The predicted octanol–water partition coefficient (Wildman–Crippen LogP) is 3.76. The molecular formula is C21H24N2O. The maximum absolute atomic E-state index is 12.1. The number of amides is 1. The fourth-order valence-corrected chi connectivity index (χ4v) is 4.68. The van der Waals surface area contributed by atoms with E-state index in [1.165, 1.54) is 22.3 Å². The van der Waals surface area contributed by atoms with Gasteiger partial charge in [-0.05, 0) is 53.6 Å². The van der Waals surface area contributed by atoms with E-state index in [4.69, 9.17) is 5.73 Å². The largest absolute Gasteiger partial charge is 0.399 e. The van der Waals surface area contributed by atoms with Gasteiger partial charge in [0, 0.05) is 30.6 Å². The standard InChI is InChI=1S/C21H24N2O/c1-21-11-10-20(24)23(2)19(21)9-7-16-12-15(6-8-18(16)21)14-4-3-5-17(22)13-14/h3-6,8,12-13,19H,7,9-11,22H2,1-2H3/t19-,21-/m1/s1. The lowest BCUT2D eigenvalue weighted by Crippen LogP contribution is -2.56. The minimum absolute atomic E-state index is 0.0739. The highest BCUT2D eigenvalue weighted by Crippen LogP contribution is 2.46. The highest BCUT2D eigenvalue weighted by molar-refractivity contribution is 5.78. The molecule has 0 saturated carbocycles. The Morgan fingerprint density at radius 3 is 2.71 bits per heavy atom. The highest BCUT2D eigenvalue weighted by Gasteiger charge is 2.46. The lowest BCUT2D eigenvalue weighted by Gasteiger charge is -2.50. The van der Waals surface area contributed by atoms with Gasteiger partial charge < -0.3 is 10.6 Å². The Morgan fingerprint density at radius 2 is 1.92 bits per heavy atom. The maximum Gasteiger partial charge on any atom is 0.222 e. The van der Waals surface area contributed by atoms with Gasteiger partial charge in [0.2, 0.25) is 5.91 Å². The van der Waals surface area contributed by atoms with Crippen LogP contribution in [-0.2, 0) is 16.6 Å². The van der Waals surface area contributed by atoms with Crippen LogP contribution in [0.2, 0.25) is 0 Å². The lowest BCUT2D eigenvalue weighted by molar-refractivity contribution is -0.138. The van der Waals surface area contributed by atoms with Crippen molar-refractivity contribution in [2.75, 3.05) is 12.8 Å². The molecule has 1 heterocycles. The van der Waals surface area contributed by atoms with Crippen LogP contribution in [0.3, 0.4) is 0 Å². The van der Waals surface area contributed by atoms with Crippen LogP contribution >= 0.6 is 0 Å². The third kappa shape index (κ3) is 2.22. The zero-order chi connectivity index (χ0) is 16.9. The molecule has 2 aliphatic rings. The topological polar surface area (TPSA) is 46.3 Å². The number of nitrogens with zero attached hydrogens (tertiary/aromatic N) is 1. The molecule has 0 radical (unpaired) electrons. The number of fused-ring (bicyclic) bond motifs is 3. The van der Waals surface area contributed by atoms with Crippen molar-refractivity contribution in [3.8, 4) is 11.1 Å². The Labute approximate surface area is 143 Å². The highest BCUT2D eigenvalue weighted by atomic mass is 16.2. The molecule has 0 aromatic heterocycles. The van der Waals surface area contributed by atoms with Crippen molar-refractivity contribution in [3.63, 3.8) is 0 Å². The Bertz CT molecular complexity index is 813. The smallest absolute Gasteiger partial charge is 0.222 e. The van der Waals surface area contributed by atoms with Gasteiger partial charge in [-0.15, -0.1) is 0 Å². The third-order valence-corrected chi connectivity index (χ3v) is 6.08. The maximum atomic E-state index is 12.1. The molecule has 1 aliphatic heterocycles. The molecule has 24 heavy (non-hydrogen) atoms. The van der Waals surface area contributed by atoms with Crippen LogP contribution in [0.15, 0.2) is 42.5 Å². The summed E-state index contributed by atoms with van der Waals surface area (Å²) in [5, 5.41) is 0. The van der Waals surface area contributed by atoms with Crippen molar-refractivity contribution in [2.24, 2.45) is 0 Å². The van der Waals surface area contributed by atoms with Crippen molar-refractivity contribution >= 4 is 11.6 Å². The molecule has 0 spiro atoms. The molecule has 3 heteroatoms. The van der Waals surface area contributed by atoms with Crippen LogP contribution in [0.1, 0.15) is 37.3 Å². The number of hydrogen-bond acceptors (Lipinski definition) is 2. The molecule has 1 fully saturated rings. The quantitative estimate of drug-likeness (QED) is 0.813. The molecule has 1 saturated heterocycles. The van der Waals surface area contributed by atoms with Crippen LogP contribution in [0.5, 0.6) is 0 Å². The van der Waals surface area contributed by atoms with Crippen molar-refractivity contribution < 1.29 is 4.79 Å². The minimum Gasteiger partial charge on any atom is -0.399 e. The Kier molecular flexibility index (Phi) is 3.41. The average molecular weight is 320 g/mol. The van der Waals surface area contributed by atoms with Crippen LogP contribution in [0.25, 0.3) is 11.1 Å². The van der Waals surface area contributed by atoms with E-state index in [9.17, 15) is 4.79 Å². The lowest BCUT2D eigenvalue weighted by atomic mass is 9.63. The molecule has 2 aromatic carbocycles. The fraction of sp³-hybridized carbons (Fsp3) is 0.381. The monoisotopic (exact) mass is 320 g/mol. The summed E-state index contributed by atoms with van der Waals surface area (Å²) in [5.41, 5.74) is 12.0. The van der Waals surface area contributed by atoms with E-state index in [0.29, 0.717) is 12.5 Å². The van der Waals surface area contributed by atoms with Crippen molar-refractivity contribution in [3.05, 3.63) is 53.6 Å². The summed E-state index contributed by atoms with van der Waals surface area (Å²) in [7, 11) is 1.97. The fourth-order valence-electron chi connectivity index (χ4n) is 4.68. The molecule has 1 amide bonds. The summed E-state index contributed by atoms with van der Waals surface area (Å²) in [6.45, 7) is 2.33. The molecule has 124 valence electrons. The van der Waals surface area contributed by atoms with Crippen LogP contribution in [0, 0.1) is 0 Å². The van der Waals surface area contributed by atoms with Gasteiger partial charge in [0.25, 0.3) is 0 Å². The first-order chi connectivity index (χ1) is 11.5. The van der Waals surface area contributed by atoms with Crippen LogP contribution < -0.4 is 5.73 Å². The van der Waals surface area contributed by atoms with E-state index in [1.54, 1.807) is 0 Å². The molecule has 0 bridgehead atoms. The van der Waals surface area contributed by atoms with Gasteiger partial charge in [0.05, 0.1) is 0 Å². The number of anilines is 1. The van der Waals surface area contributed by atoms with Gasteiger partial charge in [0.15, 0.2) is 0 Å². The van der Waals surface area contributed by atoms with E-state index >= 15 is 0 Å². The summed E-state index contributed by atoms with van der Waals surface area (Å²) in [6, 6.07) is 15.2. The first-order valence-corrected chi connectivity index (χ1v) is 8.74. The Balaban J connectivity index is 1.76. The molecule has 2 aromatic rings. The van der Waals surface area contributed by atoms with Gasteiger partial charge in [0.1, 0.15) is 0 Å². The van der Waals surface area contributed by atoms with Gasteiger partial charge in [-0.3, -0.25) is 4.79 Å². The van der Waals surface area contributed by atoms with Crippen molar-refractivity contribution in [1.82, 2.24) is 4.90 Å². The SMILES string of the molecule is CN1C(=O)CC[C@]2(C)c3ccc(-c4cccc(N)c4)cc3CC[C@@H]12. The van der Waals surface area contributed by atoms with Gasteiger partial charge >= 0.3 is 0 Å². The van der Waals surface area contributed by atoms with E-state index < -0.39 is 0 Å². The average Bonchev–Trinajstić information content (AvgIpc) is 2.58. The second-order valence-electron chi connectivity index (χ2n) is 7.47. The van der Waals surface area contributed by atoms with Crippen LogP contribution in [-0.4, -0.2) is 23.9 Å². The first-order valence-electron chi connectivity index (χ1n) is 8.74. The number of nitrogens with two attached hydrogens (primary N) is 1. The molecular weight excluding hydrogens is 296 g/mol. The summed E-state index contributed by atoms with van der Waals surface area (Å²) in [4.78, 5) is 14.1. The molecule has 4 rings (SSSR count). The second-order valence-corrected chi connectivity index (χ2v) is 7.47. The van der Waals surface area contributed by atoms with Crippen LogP contribution in [0.4, 0.5) is 5.69 Å². The van der Waals surface area contributed by atoms with E-state index in [1.807, 2.05) is 30.1 Å². The summed E-state index contributed by atoms with van der Waals surface area (Å²) in [6.07, 6.45) is 3.68. The minimum atomic E-state index is 0.0739. The number of aryl methyl sites for hydroxylation is 1. The number of piperidine rings is 1. The predicted molar refractivity (Wildman–Crippen MR) is 97.8 cm³/mol. The number of carbonyl (C=O) groups is 1. The number of benzene rings is 2. The molecule has 2 atom stereocenters. The molecule has 0 unspecified atom stereocenters. The summed E-state index contributed by atoms with van der Waals surface area (Å²) < 4.78 is 0. The van der Waals surface area contributed by atoms with Gasteiger partial charge in [-0.2, -0.15) is 0 Å². The normalized spacial score (nSPS) is 26.0. The zero-order valence-electron chi connectivity index (χ0n) is 14.4. The van der Waals surface area contributed by atoms with Gasteiger partial charge in [-0.1, -0.05) is 37.3 Å². The van der Waals surface area contributed by atoms with E-state index in [2.05, 4.69) is 31.2 Å².